The van der Waals surface area contributed by atoms with Crippen LogP contribution in [-0.4, -0.2) is 37.9 Å². The van der Waals surface area contributed by atoms with Crippen LogP contribution in [0.5, 0.6) is 0 Å². The van der Waals surface area contributed by atoms with E-state index in [0.717, 1.165) is 83.9 Å². The summed E-state index contributed by atoms with van der Waals surface area (Å²) in [5.41, 5.74) is 10.9. The number of allylic oxidation sites excluding steroid dienone is 1. The molecule has 2 aliphatic rings. The minimum absolute atomic E-state index is 0.249. The van der Waals surface area contributed by atoms with Crippen LogP contribution >= 0.6 is 0 Å². The lowest BCUT2D eigenvalue weighted by Gasteiger charge is -2.29. The van der Waals surface area contributed by atoms with Gasteiger partial charge >= 0.3 is 0 Å². The first kappa shape index (κ1) is 28.0. The normalized spacial score (nSPS) is 15.5. The summed E-state index contributed by atoms with van der Waals surface area (Å²) in [6, 6.07) is 15.4. The van der Waals surface area contributed by atoms with Gasteiger partial charge in [-0.2, -0.15) is 5.10 Å². The monoisotopic (exact) mass is 561 g/mol. The quantitative estimate of drug-likeness (QED) is 0.180. The fourth-order valence-electron chi connectivity index (χ4n) is 5.99. The van der Waals surface area contributed by atoms with Gasteiger partial charge in [-0.1, -0.05) is 61.9 Å². The molecule has 2 aromatic heterocycles. The van der Waals surface area contributed by atoms with Crippen LogP contribution in [0.2, 0.25) is 0 Å². The van der Waals surface area contributed by atoms with Crippen molar-refractivity contribution in [2.24, 2.45) is 4.99 Å². The summed E-state index contributed by atoms with van der Waals surface area (Å²) in [6.07, 6.45) is 13.1. The summed E-state index contributed by atoms with van der Waals surface area (Å²) in [5, 5.41) is 11.2. The van der Waals surface area contributed by atoms with Crippen molar-refractivity contribution in [2.75, 3.05) is 11.9 Å². The summed E-state index contributed by atoms with van der Waals surface area (Å²) in [5.74, 6) is 0. The third-order valence-electron chi connectivity index (χ3n) is 8.52. The van der Waals surface area contributed by atoms with Crippen LogP contribution in [-0.2, 0) is 19.6 Å². The number of nitrogens with one attached hydrogen (secondary N) is 2. The van der Waals surface area contributed by atoms with Gasteiger partial charge in [0.2, 0.25) is 0 Å². The van der Waals surface area contributed by atoms with Crippen molar-refractivity contribution in [2.45, 2.75) is 77.5 Å². The van der Waals surface area contributed by atoms with Crippen LogP contribution in [0.4, 0.5) is 5.69 Å². The van der Waals surface area contributed by atoms with Crippen molar-refractivity contribution in [1.29, 1.82) is 0 Å². The average Bonchev–Trinajstić information content (AvgIpc) is 3.62. The molecule has 7 nitrogen and oxygen atoms in total. The molecule has 218 valence electrons. The molecule has 0 radical (unpaired) electrons. The lowest BCUT2D eigenvalue weighted by Crippen LogP contribution is -2.27. The largest absolute Gasteiger partial charge is 0.316 e. The van der Waals surface area contributed by atoms with E-state index in [1.54, 1.807) is 0 Å². The van der Waals surface area contributed by atoms with E-state index in [0.29, 0.717) is 0 Å². The zero-order valence-corrected chi connectivity index (χ0v) is 25.3. The third kappa shape index (κ3) is 5.66. The predicted molar refractivity (Wildman–Crippen MR) is 173 cm³/mol. The Balaban J connectivity index is 1.18. The number of rotatable bonds is 12. The molecule has 2 N–H and O–H groups in total. The standard InChI is InChI=1S/C35H43N7/c1-25(2)42-27(4)35(16-17-35)38-34(28-12-10-26(3)11-13-28)32-20-29(14-15-33(32)42)30-21-37-40(23-30)18-8-6-7-9-19-41-24-31(39-41)22-36-5/h10-15,20-21,23-24,36,39H,1,4,6-9,16-19,22H2,2-3,5H3. The minimum atomic E-state index is -0.249. The fourth-order valence-corrected chi connectivity index (χ4v) is 5.99. The van der Waals surface area contributed by atoms with E-state index in [2.05, 4.69) is 107 Å². The summed E-state index contributed by atoms with van der Waals surface area (Å²) >= 11 is 0. The van der Waals surface area contributed by atoms with Crippen LogP contribution in [0.25, 0.3) is 11.1 Å². The second kappa shape index (κ2) is 11.6. The molecule has 0 atom stereocenters. The number of fused-ring (bicyclic) bond motifs is 1. The lowest BCUT2D eigenvalue weighted by atomic mass is 9.96. The zero-order valence-electron chi connectivity index (χ0n) is 25.3. The number of nitrogens with zero attached hydrogens (tertiary/aromatic N) is 5. The van der Waals surface area contributed by atoms with Crippen molar-refractivity contribution in [3.63, 3.8) is 0 Å². The summed E-state index contributed by atoms with van der Waals surface area (Å²) in [6.45, 7) is 15.9. The molecule has 3 heterocycles. The molecule has 0 bridgehead atoms. The number of aromatic nitrogens is 4. The molecule has 1 fully saturated rings. The Labute approximate surface area is 249 Å². The van der Waals surface area contributed by atoms with Gasteiger partial charge in [0.05, 0.1) is 23.3 Å². The van der Waals surface area contributed by atoms with E-state index >= 15 is 0 Å². The molecular formula is C35H43N7. The molecule has 1 aliphatic heterocycles. The first-order valence-electron chi connectivity index (χ1n) is 15.2. The van der Waals surface area contributed by atoms with Crippen LogP contribution < -0.4 is 10.2 Å². The van der Waals surface area contributed by atoms with Crippen molar-refractivity contribution in [3.8, 4) is 11.1 Å². The molecule has 0 unspecified atom stereocenters. The molecule has 42 heavy (non-hydrogen) atoms. The highest BCUT2D eigenvalue weighted by Crippen LogP contribution is 2.52. The topological polar surface area (TPSA) is 66.2 Å². The molecule has 4 aromatic rings. The van der Waals surface area contributed by atoms with Crippen molar-refractivity contribution >= 4 is 11.4 Å². The summed E-state index contributed by atoms with van der Waals surface area (Å²) < 4.78 is 4.26. The number of hydrogen-bond acceptors (Lipinski definition) is 4. The van der Waals surface area contributed by atoms with Crippen LogP contribution in [0.15, 0.2) is 90.6 Å². The smallest absolute Gasteiger partial charge is 0.101 e. The number of H-pyrrole nitrogens is 1. The van der Waals surface area contributed by atoms with E-state index in [1.165, 1.54) is 30.5 Å². The summed E-state index contributed by atoms with van der Waals surface area (Å²) in [4.78, 5) is 7.63. The van der Waals surface area contributed by atoms with Gasteiger partial charge in [-0.3, -0.25) is 14.4 Å². The molecule has 1 aliphatic carbocycles. The number of aliphatic imine (C=N–C) groups is 1. The maximum Gasteiger partial charge on any atom is 0.101 e. The molecule has 1 saturated carbocycles. The van der Waals surface area contributed by atoms with Gasteiger partial charge in [0.25, 0.3) is 0 Å². The highest BCUT2D eigenvalue weighted by molar-refractivity contribution is 6.17. The SMILES string of the molecule is C=C(C)N1C(=C)C2(CC2)N=C(c2ccc(C)cc2)c2cc(-c3cnn(CCCCCCn4cc(CNC)[nH]4)c3)ccc21. The number of anilines is 1. The van der Waals surface area contributed by atoms with Gasteiger partial charge in [0.1, 0.15) is 5.54 Å². The predicted octanol–water partition coefficient (Wildman–Crippen LogP) is 7.21. The molecular weight excluding hydrogens is 518 g/mol. The Morgan fingerprint density at radius 2 is 1.69 bits per heavy atom. The number of hydrogen-bond donors (Lipinski definition) is 2. The highest BCUT2D eigenvalue weighted by Gasteiger charge is 2.50. The fraction of sp³-hybridized carbons (Fsp3) is 0.371. The van der Waals surface area contributed by atoms with Crippen molar-refractivity contribution < 1.29 is 0 Å². The van der Waals surface area contributed by atoms with Crippen molar-refractivity contribution in [3.05, 3.63) is 108 Å². The van der Waals surface area contributed by atoms with E-state index in [-0.39, 0.29) is 5.54 Å². The molecule has 6 rings (SSSR count). The lowest BCUT2D eigenvalue weighted by molar-refractivity contribution is 0.474. The number of aromatic amines is 1. The Bertz CT molecular complexity index is 1590. The van der Waals surface area contributed by atoms with E-state index in [1.807, 2.05) is 13.2 Å². The maximum atomic E-state index is 5.41. The summed E-state index contributed by atoms with van der Waals surface area (Å²) in [7, 11) is 1.97. The molecule has 0 saturated heterocycles. The maximum absolute atomic E-state index is 5.41. The Kier molecular flexibility index (Phi) is 7.78. The zero-order chi connectivity index (χ0) is 29.3. The van der Waals surface area contributed by atoms with Crippen LogP contribution in [0.1, 0.15) is 67.8 Å². The first-order chi connectivity index (χ1) is 20.4. The van der Waals surface area contributed by atoms with Crippen LogP contribution in [0.3, 0.4) is 0 Å². The number of aryl methyl sites for hydroxylation is 3. The van der Waals surface area contributed by atoms with E-state index in [4.69, 9.17) is 10.1 Å². The second-order valence-corrected chi connectivity index (χ2v) is 12.0. The van der Waals surface area contributed by atoms with Crippen molar-refractivity contribution in [1.82, 2.24) is 24.9 Å². The number of unbranched alkanes of at least 4 members (excludes halogenated alkanes) is 3. The van der Waals surface area contributed by atoms with Crippen LogP contribution in [0, 0.1) is 6.92 Å². The highest BCUT2D eigenvalue weighted by atomic mass is 15.3. The second-order valence-electron chi connectivity index (χ2n) is 12.0. The van der Waals surface area contributed by atoms with Gasteiger partial charge in [0.15, 0.2) is 0 Å². The Hall–Kier alpha value is -4.10. The van der Waals surface area contributed by atoms with Gasteiger partial charge in [0, 0.05) is 60.1 Å². The number of benzene rings is 2. The Morgan fingerprint density at radius 1 is 0.976 bits per heavy atom. The molecule has 1 spiro atoms. The minimum Gasteiger partial charge on any atom is -0.316 e. The average molecular weight is 562 g/mol. The third-order valence-corrected chi connectivity index (χ3v) is 8.52. The molecule has 2 aromatic carbocycles. The Morgan fingerprint density at radius 3 is 2.38 bits per heavy atom. The first-order valence-corrected chi connectivity index (χ1v) is 15.2. The van der Waals surface area contributed by atoms with Gasteiger partial charge in [-0.25, -0.2) is 0 Å². The van der Waals surface area contributed by atoms with E-state index < -0.39 is 0 Å². The molecule has 0 amide bonds. The van der Waals surface area contributed by atoms with Gasteiger partial charge < -0.3 is 15.3 Å². The van der Waals surface area contributed by atoms with E-state index in [9.17, 15) is 0 Å². The van der Waals surface area contributed by atoms with Gasteiger partial charge in [-0.15, -0.1) is 0 Å². The molecule has 7 heteroatoms. The van der Waals surface area contributed by atoms with Gasteiger partial charge in [-0.05, 0) is 64.3 Å².